The van der Waals surface area contributed by atoms with Gasteiger partial charge in [-0.1, -0.05) is 39.0 Å². The first kappa shape index (κ1) is 30.6. The van der Waals surface area contributed by atoms with Gasteiger partial charge < -0.3 is 14.3 Å². The molecule has 4 rings (SSSR count). The summed E-state index contributed by atoms with van der Waals surface area (Å²) in [4.78, 5) is 17.9. The lowest BCUT2D eigenvalue weighted by Crippen LogP contribution is -2.30. The molecule has 0 aliphatic carbocycles. The Morgan fingerprint density at radius 2 is 1.85 bits per heavy atom. The Balaban J connectivity index is 1.77. The molecule has 0 unspecified atom stereocenters. The molecule has 2 N–H and O–H groups in total. The zero-order valence-electron chi connectivity index (χ0n) is 22.9. The molecule has 0 fully saturated rings. The number of benzene rings is 2. The van der Waals surface area contributed by atoms with E-state index in [1.54, 1.807) is 16.9 Å². The summed E-state index contributed by atoms with van der Waals surface area (Å²) in [5.74, 6) is 1.05. The van der Waals surface area contributed by atoms with Crippen LogP contribution in [0.25, 0.3) is 22.3 Å². The molecule has 0 saturated heterocycles. The molecule has 0 bridgehead atoms. The summed E-state index contributed by atoms with van der Waals surface area (Å²) < 4.78 is 72.7. The van der Waals surface area contributed by atoms with Gasteiger partial charge in [0.1, 0.15) is 17.1 Å². The number of carbonyl (C=O) groups excluding carboxylic acids is 1. The van der Waals surface area contributed by atoms with Crippen molar-refractivity contribution in [1.29, 1.82) is 0 Å². The quantitative estimate of drug-likeness (QED) is 0.194. The van der Waals surface area contributed by atoms with Gasteiger partial charge in [0.2, 0.25) is 0 Å². The standard InChI is InChI=1S/C28H30BrF3N4O4S/c1-5-23-34-21(13-16(3)4)25(27(37)33-6-2)36(23)15-17-11-12-22-19(14-17)24(29)26(40-22)18-9-7-8-10-20(18)35-41(38,39)28(30,31)32/h7-12,14,16,35H,5-6,13,15H2,1-4H3,(H,33,37). The zero-order chi connectivity index (χ0) is 30.1. The van der Waals surface area contributed by atoms with Gasteiger partial charge in [-0.05, 0) is 65.0 Å². The number of alkyl halides is 3. The molecule has 220 valence electrons. The van der Waals surface area contributed by atoms with Gasteiger partial charge in [0.15, 0.2) is 5.76 Å². The van der Waals surface area contributed by atoms with E-state index in [1.165, 1.54) is 18.2 Å². The van der Waals surface area contributed by atoms with E-state index in [0.717, 1.165) is 17.1 Å². The SMILES string of the molecule is CCNC(=O)c1c(CC(C)C)nc(CC)n1Cc1ccc2oc(-c3ccccc3NS(=O)(=O)C(F)(F)F)c(Br)c2c1. The summed E-state index contributed by atoms with van der Waals surface area (Å²) in [7, 11) is -5.64. The smallest absolute Gasteiger partial charge is 0.455 e. The summed E-state index contributed by atoms with van der Waals surface area (Å²) in [5.41, 5.74) is -3.08. The molecule has 41 heavy (non-hydrogen) atoms. The number of hydrogen-bond donors (Lipinski definition) is 2. The molecular weight excluding hydrogens is 625 g/mol. The van der Waals surface area contributed by atoms with Crippen LogP contribution < -0.4 is 10.0 Å². The molecule has 0 radical (unpaired) electrons. The number of amides is 1. The van der Waals surface area contributed by atoms with Gasteiger partial charge in [-0.2, -0.15) is 21.6 Å². The monoisotopic (exact) mass is 654 g/mol. The highest BCUT2D eigenvalue weighted by molar-refractivity contribution is 9.10. The third-order valence-corrected chi connectivity index (χ3v) is 8.23. The maximum absolute atomic E-state index is 13.1. The number of rotatable bonds is 10. The third-order valence-electron chi connectivity index (χ3n) is 6.34. The van der Waals surface area contributed by atoms with Crippen molar-refractivity contribution >= 4 is 48.5 Å². The van der Waals surface area contributed by atoms with E-state index in [4.69, 9.17) is 9.40 Å². The van der Waals surface area contributed by atoms with E-state index < -0.39 is 15.5 Å². The van der Waals surface area contributed by atoms with Crippen molar-refractivity contribution in [2.75, 3.05) is 11.3 Å². The van der Waals surface area contributed by atoms with Crippen molar-refractivity contribution in [3.63, 3.8) is 0 Å². The second-order valence-electron chi connectivity index (χ2n) is 9.89. The normalized spacial score (nSPS) is 12.3. The number of carbonyl (C=O) groups is 1. The second-order valence-corrected chi connectivity index (χ2v) is 12.4. The van der Waals surface area contributed by atoms with Crippen LogP contribution in [-0.4, -0.2) is 35.9 Å². The molecule has 0 aliphatic heterocycles. The Kier molecular flexibility index (Phi) is 8.88. The lowest BCUT2D eigenvalue weighted by Gasteiger charge is -2.13. The molecule has 1 amide bonds. The summed E-state index contributed by atoms with van der Waals surface area (Å²) in [6.07, 6.45) is 1.27. The predicted molar refractivity (Wildman–Crippen MR) is 155 cm³/mol. The number of aryl methyl sites for hydroxylation is 1. The van der Waals surface area contributed by atoms with Crippen molar-refractivity contribution in [2.24, 2.45) is 5.92 Å². The Labute approximate surface area is 244 Å². The average molecular weight is 656 g/mol. The van der Waals surface area contributed by atoms with Gasteiger partial charge in [-0.25, -0.2) is 4.98 Å². The van der Waals surface area contributed by atoms with Crippen LogP contribution in [0, 0.1) is 5.92 Å². The number of fused-ring (bicyclic) bond motifs is 1. The predicted octanol–water partition coefficient (Wildman–Crippen LogP) is 6.88. The molecule has 0 saturated carbocycles. The Morgan fingerprint density at radius 1 is 1.15 bits per heavy atom. The van der Waals surface area contributed by atoms with Crippen molar-refractivity contribution in [2.45, 2.75) is 52.6 Å². The molecule has 2 aromatic heterocycles. The first-order valence-electron chi connectivity index (χ1n) is 13.0. The number of sulfonamides is 1. The molecule has 2 heterocycles. The number of nitrogens with zero attached hydrogens (tertiary/aromatic N) is 2. The minimum Gasteiger partial charge on any atom is -0.455 e. The topological polar surface area (TPSA) is 106 Å². The average Bonchev–Trinajstić information content (AvgIpc) is 3.40. The molecule has 0 atom stereocenters. The fraction of sp³-hybridized carbons (Fsp3) is 0.357. The van der Waals surface area contributed by atoms with Crippen molar-refractivity contribution < 1.29 is 30.8 Å². The fourth-order valence-corrected chi connectivity index (χ4v) is 5.75. The maximum atomic E-state index is 13.1. The Bertz CT molecular complexity index is 1690. The second kappa shape index (κ2) is 11.9. The Morgan fingerprint density at radius 3 is 2.49 bits per heavy atom. The van der Waals surface area contributed by atoms with Crippen molar-refractivity contribution in [3.05, 3.63) is 69.7 Å². The number of para-hydroxylation sites is 1. The third kappa shape index (κ3) is 6.30. The number of furan rings is 1. The van der Waals surface area contributed by atoms with Gasteiger partial charge in [-0.3, -0.25) is 9.52 Å². The van der Waals surface area contributed by atoms with Crippen LogP contribution in [0.4, 0.5) is 18.9 Å². The van der Waals surface area contributed by atoms with Gasteiger partial charge >= 0.3 is 15.5 Å². The van der Waals surface area contributed by atoms with E-state index in [2.05, 4.69) is 35.1 Å². The summed E-state index contributed by atoms with van der Waals surface area (Å²) in [6.45, 7) is 8.80. The lowest BCUT2D eigenvalue weighted by molar-refractivity contribution is -0.0429. The maximum Gasteiger partial charge on any atom is 0.516 e. The summed E-state index contributed by atoms with van der Waals surface area (Å²) >= 11 is 3.50. The number of aromatic nitrogens is 2. The first-order chi connectivity index (χ1) is 19.3. The molecule has 8 nitrogen and oxygen atoms in total. The van der Waals surface area contributed by atoms with Crippen LogP contribution in [0.3, 0.4) is 0 Å². The summed E-state index contributed by atoms with van der Waals surface area (Å²) in [5, 5.41) is 3.52. The molecule has 4 aromatic rings. The van der Waals surface area contributed by atoms with Crippen LogP contribution in [-0.2, 0) is 29.4 Å². The minimum atomic E-state index is -5.64. The number of anilines is 1. The zero-order valence-corrected chi connectivity index (χ0v) is 25.3. The van der Waals surface area contributed by atoms with E-state index in [0.29, 0.717) is 53.0 Å². The van der Waals surface area contributed by atoms with E-state index in [1.807, 2.05) is 30.5 Å². The van der Waals surface area contributed by atoms with Crippen LogP contribution in [0.1, 0.15) is 55.3 Å². The van der Waals surface area contributed by atoms with Gasteiger partial charge in [0, 0.05) is 30.5 Å². The highest BCUT2D eigenvalue weighted by Gasteiger charge is 2.46. The fourth-order valence-electron chi connectivity index (χ4n) is 4.56. The van der Waals surface area contributed by atoms with E-state index >= 15 is 0 Å². The molecule has 13 heteroatoms. The Hall–Kier alpha value is -3.32. The van der Waals surface area contributed by atoms with Gasteiger partial charge in [-0.15, -0.1) is 0 Å². The number of halogens is 4. The number of hydrogen-bond acceptors (Lipinski definition) is 5. The van der Waals surface area contributed by atoms with Gasteiger partial charge in [0.25, 0.3) is 5.91 Å². The summed E-state index contributed by atoms with van der Waals surface area (Å²) in [6, 6.07) is 11.1. The highest BCUT2D eigenvalue weighted by Crippen LogP contribution is 2.42. The first-order valence-corrected chi connectivity index (χ1v) is 15.3. The van der Waals surface area contributed by atoms with Crippen LogP contribution in [0.2, 0.25) is 0 Å². The minimum absolute atomic E-state index is 0.129. The lowest BCUT2D eigenvalue weighted by atomic mass is 10.1. The number of nitrogens with one attached hydrogen (secondary N) is 2. The molecule has 0 aliphatic rings. The van der Waals surface area contributed by atoms with E-state index in [9.17, 15) is 26.4 Å². The van der Waals surface area contributed by atoms with E-state index in [-0.39, 0.29) is 22.9 Å². The van der Waals surface area contributed by atoms with Gasteiger partial charge in [0.05, 0.1) is 15.9 Å². The molecular formula is C28H30BrF3N4O4S. The largest absolute Gasteiger partial charge is 0.516 e. The highest BCUT2D eigenvalue weighted by atomic mass is 79.9. The number of imidazole rings is 1. The van der Waals surface area contributed by atoms with Crippen molar-refractivity contribution in [3.8, 4) is 11.3 Å². The van der Waals surface area contributed by atoms with Crippen LogP contribution in [0.5, 0.6) is 0 Å². The molecule has 0 spiro atoms. The molecule has 2 aromatic carbocycles. The van der Waals surface area contributed by atoms with Crippen LogP contribution >= 0.6 is 15.9 Å². The van der Waals surface area contributed by atoms with Crippen LogP contribution in [0.15, 0.2) is 51.4 Å². The van der Waals surface area contributed by atoms with Crippen molar-refractivity contribution in [1.82, 2.24) is 14.9 Å².